The zero-order valence-corrected chi connectivity index (χ0v) is 5.84. The first-order valence-electron chi connectivity index (χ1n) is 12.7. The maximum atomic E-state index is 8.28. The lowest BCUT2D eigenvalue weighted by atomic mass is 10.5. The molecule has 0 nitrogen and oxygen atoms in total. The van der Waals surface area contributed by atoms with Gasteiger partial charge >= 0.3 is 0 Å². The first kappa shape index (κ1) is 1.00. The second-order valence-corrected chi connectivity index (χ2v) is 3.39. The van der Waals surface area contributed by atoms with Crippen molar-refractivity contribution in [3.05, 3.63) is 0 Å². The van der Waals surface area contributed by atoms with Crippen molar-refractivity contribution in [2.45, 2.75) is 58.0 Å². The van der Waals surface area contributed by atoms with Crippen LogP contribution in [0.15, 0.2) is 0 Å². The van der Waals surface area contributed by atoms with Gasteiger partial charge in [-0.2, -0.15) is 0 Å². The molecule has 0 aromatic rings. The van der Waals surface area contributed by atoms with E-state index >= 15 is 0 Å². The largest absolute Gasteiger partial charge is 0.0988 e. The standard InChI is InChI=1S/C9H21P/c1-7(2)10(8(3)4)9(5)6/h7-9H,1-6H3/i1D3,2D3,3D3,4D3,5D3,6D3,7D,8D,9D. The maximum absolute atomic E-state index is 8.28. The van der Waals surface area contributed by atoms with Crippen molar-refractivity contribution in [2.24, 2.45) is 0 Å². The van der Waals surface area contributed by atoms with E-state index in [9.17, 15) is 0 Å². The fourth-order valence-electron chi connectivity index (χ4n) is 0.335. The van der Waals surface area contributed by atoms with Gasteiger partial charge in [-0.3, -0.25) is 0 Å². The Balaban J connectivity index is 8.29. The summed E-state index contributed by atoms with van der Waals surface area (Å²) in [5, 5.41) is 0. The third-order valence-corrected chi connectivity index (χ3v) is 2.01. The maximum Gasteiger partial charge on any atom is 0.0346 e. The van der Waals surface area contributed by atoms with E-state index in [2.05, 4.69) is 0 Å². The van der Waals surface area contributed by atoms with Crippen LogP contribution in [-0.4, -0.2) is 16.9 Å². The Morgan fingerprint density at radius 2 is 1.20 bits per heavy atom. The third-order valence-electron chi connectivity index (χ3n) is 0.671. The molecule has 0 spiro atoms. The van der Waals surface area contributed by atoms with Crippen molar-refractivity contribution in [2.75, 3.05) is 0 Å². The molecule has 0 aliphatic carbocycles. The smallest absolute Gasteiger partial charge is 0.0346 e. The van der Waals surface area contributed by atoms with Gasteiger partial charge in [-0.1, -0.05) is 49.0 Å². The van der Waals surface area contributed by atoms with Crippen LogP contribution in [0.3, 0.4) is 0 Å². The van der Waals surface area contributed by atoms with E-state index in [1.54, 1.807) is 0 Å². The fourth-order valence-corrected chi connectivity index (χ4v) is 1.01. The molecule has 0 aromatic carbocycles. The molecule has 0 N–H and O–H groups in total. The summed E-state index contributed by atoms with van der Waals surface area (Å²) in [6.07, 6.45) is 0. The fraction of sp³-hybridized carbons (Fsp3) is 1.00. The quantitative estimate of drug-likeness (QED) is 0.582. The first-order chi connectivity index (χ1) is 12.9. The van der Waals surface area contributed by atoms with Crippen LogP contribution in [0.5, 0.6) is 0 Å². The van der Waals surface area contributed by atoms with E-state index in [1.165, 1.54) is 0 Å². The van der Waals surface area contributed by atoms with Crippen molar-refractivity contribution in [3.8, 4) is 0 Å². The van der Waals surface area contributed by atoms with E-state index in [0.29, 0.717) is 0 Å². The SMILES string of the molecule is [2H]C([2H])([2H])C([2H])(P(C([2H])(C([2H])([2H])[2H])C([2H])([2H])[2H])C([2H])(C([2H])([2H])[2H])C([2H])([2H])[2H])C([2H])([2H])[2H]. The van der Waals surface area contributed by atoms with E-state index in [4.69, 9.17) is 28.8 Å². The average molecular weight is 181 g/mol. The van der Waals surface area contributed by atoms with Crippen molar-refractivity contribution in [3.63, 3.8) is 0 Å². The van der Waals surface area contributed by atoms with Gasteiger partial charge in [0, 0.05) is 28.8 Å². The summed E-state index contributed by atoms with van der Waals surface area (Å²) < 4.78 is 161. The number of rotatable bonds is 3. The minimum absolute atomic E-state index is 4.21. The van der Waals surface area contributed by atoms with Crippen LogP contribution in [0, 0.1) is 0 Å². The molecule has 0 atom stereocenters. The van der Waals surface area contributed by atoms with Gasteiger partial charge in [0.05, 0.1) is 0 Å². The molecule has 0 rings (SSSR count). The Hall–Kier alpha value is 0.430. The summed E-state index contributed by atoms with van der Waals surface area (Å²) in [6, 6.07) is 0. The Labute approximate surface area is 96.7 Å². The summed E-state index contributed by atoms with van der Waals surface area (Å²) >= 11 is 0. The molecule has 0 unspecified atom stereocenters. The molecule has 0 aromatic heterocycles. The Morgan fingerprint density at radius 3 is 1.40 bits per heavy atom. The molecule has 10 heavy (non-hydrogen) atoms. The highest BCUT2D eigenvalue weighted by Crippen LogP contribution is 2.49. The number of hydrogen-bond donors (Lipinski definition) is 0. The highest BCUT2D eigenvalue weighted by molar-refractivity contribution is 7.59. The lowest BCUT2D eigenvalue weighted by Gasteiger charge is -2.29. The van der Waals surface area contributed by atoms with Crippen LogP contribution in [0.2, 0.25) is 0 Å². The summed E-state index contributed by atoms with van der Waals surface area (Å²) in [4.78, 5) is 0. The molecular formula is C9H21P. The molecule has 0 heterocycles. The molecule has 0 aliphatic heterocycles. The van der Waals surface area contributed by atoms with Gasteiger partial charge in [0.25, 0.3) is 0 Å². The van der Waals surface area contributed by atoms with E-state index in [1.807, 2.05) is 0 Å². The second kappa shape index (κ2) is 4.34. The van der Waals surface area contributed by atoms with Gasteiger partial charge in [0.1, 0.15) is 0 Å². The van der Waals surface area contributed by atoms with Crippen molar-refractivity contribution < 1.29 is 28.8 Å². The lowest BCUT2D eigenvalue weighted by molar-refractivity contribution is 0.946. The van der Waals surface area contributed by atoms with Crippen molar-refractivity contribution in [1.82, 2.24) is 0 Å². The molecule has 0 bridgehead atoms. The van der Waals surface area contributed by atoms with Crippen LogP contribution < -0.4 is 0 Å². The zero-order valence-electron chi connectivity index (χ0n) is 25.9. The summed E-state index contributed by atoms with van der Waals surface area (Å²) in [7, 11) is -4.90. The molecular weight excluding hydrogens is 139 g/mol. The Bertz CT molecular complexity index is 502. The average Bonchev–Trinajstić information content (AvgIpc) is 2.39. The van der Waals surface area contributed by atoms with Gasteiger partial charge < -0.3 is 0 Å². The molecule has 0 amide bonds. The van der Waals surface area contributed by atoms with E-state index < -0.39 is 65.9 Å². The molecule has 0 radical (unpaired) electrons. The normalized spacial score (nSPS) is 54.3. The van der Waals surface area contributed by atoms with E-state index in [-0.39, 0.29) is 0 Å². The topological polar surface area (TPSA) is 0 Å². The summed E-state index contributed by atoms with van der Waals surface area (Å²) in [5.74, 6) is 0. The molecule has 0 fully saturated rings. The van der Waals surface area contributed by atoms with Crippen molar-refractivity contribution >= 4 is 7.92 Å². The van der Waals surface area contributed by atoms with Crippen LogP contribution >= 0.6 is 7.92 Å². The zero-order chi connectivity index (χ0) is 26.1. The van der Waals surface area contributed by atoms with Crippen LogP contribution in [-0.2, 0) is 0 Å². The number of hydrogen-bond acceptors (Lipinski definition) is 0. The molecule has 0 saturated heterocycles. The molecule has 1 heteroatoms. The van der Waals surface area contributed by atoms with Gasteiger partial charge in [-0.25, -0.2) is 0 Å². The van der Waals surface area contributed by atoms with Crippen LogP contribution in [0.1, 0.15) is 69.9 Å². The predicted octanol–water partition coefficient (Wildman–Crippen LogP) is 3.69. The van der Waals surface area contributed by atoms with Gasteiger partial charge in [0.15, 0.2) is 0 Å². The monoisotopic (exact) mass is 181 g/mol. The molecule has 0 aliphatic rings. The van der Waals surface area contributed by atoms with Gasteiger partial charge in [-0.05, 0) is 16.9 Å². The first-order valence-corrected chi connectivity index (χ1v) is 3.51. The Morgan fingerprint density at radius 1 is 0.900 bits per heavy atom. The summed E-state index contributed by atoms with van der Waals surface area (Å²) in [5.41, 5.74) is -13.2. The lowest BCUT2D eigenvalue weighted by Crippen LogP contribution is -2.10. The van der Waals surface area contributed by atoms with Crippen LogP contribution in [0.25, 0.3) is 0 Å². The van der Waals surface area contributed by atoms with Crippen LogP contribution in [0.4, 0.5) is 0 Å². The Kier molecular flexibility index (Phi) is 0.434. The highest BCUT2D eigenvalue weighted by Gasteiger charge is 2.19. The van der Waals surface area contributed by atoms with Gasteiger partial charge in [0.2, 0.25) is 0 Å². The highest BCUT2D eigenvalue weighted by atomic mass is 31.1. The minimum Gasteiger partial charge on any atom is -0.0988 e. The second-order valence-electron chi connectivity index (χ2n) is 1.38. The minimum atomic E-state index is -4.90. The predicted molar refractivity (Wildman–Crippen MR) is 52.3 cm³/mol. The summed E-state index contributed by atoms with van der Waals surface area (Å²) in [6.45, 7) is -25.3. The van der Waals surface area contributed by atoms with E-state index in [0.717, 1.165) is 0 Å². The van der Waals surface area contributed by atoms with Crippen molar-refractivity contribution in [1.29, 1.82) is 0 Å². The third kappa shape index (κ3) is 3.01. The molecule has 62 valence electrons. The van der Waals surface area contributed by atoms with Gasteiger partial charge in [-0.15, -0.1) is 0 Å². The molecule has 0 saturated carbocycles.